The van der Waals surface area contributed by atoms with E-state index in [2.05, 4.69) is 0 Å². The molecule has 8 heteroatoms. The normalized spacial score (nSPS) is 16.3. The summed E-state index contributed by atoms with van der Waals surface area (Å²) in [7, 11) is 0. The van der Waals surface area contributed by atoms with E-state index in [1.165, 1.54) is 22.0 Å². The first-order chi connectivity index (χ1) is 14.4. The molecule has 2 heterocycles. The Labute approximate surface area is 178 Å². The molecule has 0 saturated heterocycles. The molecule has 0 bridgehead atoms. The second-order valence-corrected chi connectivity index (χ2v) is 7.86. The van der Waals surface area contributed by atoms with Crippen LogP contribution in [0.1, 0.15) is 46.1 Å². The summed E-state index contributed by atoms with van der Waals surface area (Å²) in [6.07, 6.45) is 3.29. The maximum absolute atomic E-state index is 13.1. The van der Waals surface area contributed by atoms with Gasteiger partial charge in [0.05, 0.1) is 29.4 Å². The third-order valence-electron chi connectivity index (χ3n) is 4.77. The molecule has 0 unspecified atom stereocenters. The van der Waals surface area contributed by atoms with Gasteiger partial charge in [-0.2, -0.15) is 0 Å². The monoisotopic (exact) mass is 430 g/mol. The van der Waals surface area contributed by atoms with Gasteiger partial charge in [-0.25, -0.2) is 9.79 Å². The van der Waals surface area contributed by atoms with Crippen molar-refractivity contribution in [3.8, 4) is 11.5 Å². The largest absolute Gasteiger partial charge is 0.504 e. The molecule has 0 aliphatic carbocycles. The van der Waals surface area contributed by atoms with Crippen LogP contribution in [0.25, 0.3) is 11.8 Å². The van der Waals surface area contributed by atoms with Crippen LogP contribution < -0.4 is 19.6 Å². The fourth-order valence-electron chi connectivity index (χ4n) is 3.43. The molecule has 0 spiro atoms. The van der Waals surface area contributed by atoms with Crippen molar-refractivity contribution in [2.24, 2.45) is 4.99 Å². The molecule has 160 valence electrons. The van der Waals surface area contributed by atoms with Crippen LogP contribution in [0.15, 0.2) is 33.6 Å². The quantitative estimate of drug-likeness (QED) is 0.682. The van der Waals surface area contributed by atoms with E-state index in [0.717, 1.165) is 12.0 Å². The van der Waals surface area contributed by atoms with E-state index < -0.39 is 5.97 Å². The summed E-state index contributed by atoms with van der Waals surface area (Å²) in [5, 5.41) is 9.89. The van der Waals surface area contributed by atoms with E-state index in [4.69, 9.17) is 14.5 Å². The lowest BCUT2D eigenvalue weighted by molar-refractivity contribution is -0.138. The molecule has 1 aromatic heterocycles. The highest BCUT2D eigenvalue weighted by Gasteiger charge is 2.29. The highest BCUT2D eigenvalue weighted by molar-refractivity contribution is 7.07. The minimum absolute atomic E-state index is 0.0476. The number of nitrogens with zero attached hydrogens (tertiary/aromatic N) is 2. The molecule has 1 aliphatic heterocycles. The SMILES string of the molecule is CCC[C@H]1N=c2s/c(=C\c3ccc(O)c(OCC)c3)c(=O)n2C(C)=C1C(=O)OCC. The van der Waals surface area contributed by atoms with E-state index in [1.807, 2.05) is 13.8 Å². The van der Waals surface area contributed by atoms with Crippen molar-refractivity contribution in [3.63, 3.8) is 0 Å². The molecule has 1 aromatic carbocycles. The van der Waals surface area contributed by atoms with Gasteiger partial charge in [0.25, 0.3) is 5.56 Å². The number of ether oxygens (including phenoxy) is 2. The number of phenols is 1. The number of rotatable bonds is 7. The van der Waals surface area contributed by atoms with Gasteiger partial charge in [0.1, 0.15) is 0 Å². The number of benzene rings is 1. The molecule has 30 heavy (non-hydrogen) atoms. The number of phenolic OH excluding ortho intramolecular Hbond substituents is 1. The predicted molar refractivity (Wildman–Crippen MR) is 116 cm³/mol. The lowest BCUT2D eigenvalue weighted by atomic mass is 10.00. The van der Waals surface area contributed by atoms with Gasteiger partial charge in [-0.15, -0.1) is 0 Å². The zero-order chi connectivity index (χ0) is 21.8. The zero-order valence-corrected chi connectivity index (χ0v) is 18.4. The van der Waals surface area contributed by atoms with E-state index in [-0.39, 0.29) is 24.0 Å². The Hall–Kier alpha value is -2.87. The number of aromatic nitrogens is 1. The van der Waals surface area contributed by atoms with Gasteiger partial charge in [-0.05, 0) is 51.0 Å². The van der Waals surface area contributed by atoms with E-state index in [1.54, 1.807) is 32.1 Å². The molecule has 0 radical (unpaired) electrons. The molecular weight excluding hydrogens is 404 g/mol. The Balaban J connectivity index is 2.16. The average molecular weight is 431 g/mol. The summed E-state index contributed by atoms with van der Waals surface area (Å²) >= 11 is 1.28. The fourth-order valence-corrected chi connectivity index (χ4v) is 4.49. The van der Waals surface area contributed by atoms with Gasteiger partial charge in [-0.3, -0.25) is 9.36 Å². The van der Waals surface area contributed by atoms with Crippen LogP contribution >= 0.6 is 11.3 Å². The Morgan fingerprint density at radius 1 is 1.30 bits per heavy atom. The van der Waals surface area contributed by atoms with Crippen LogP contribution in [0.3, 0.4) is 0 Å². The first-order valence-electron chi connectivity index (χ1n) is 10.1. The number of allylic oxidation sites excluding steroid dienone is 1. The fraction of sp³-hybridized carbons (Fsp3) is 0.409. The number of aromatic hydroxyl groups is 1. The lowest BCUT2D eigenvalue weighted by Gasteiger charge is -2.21. The van der Waals surface area contributed by atoms with Crippen molar-refractivity contribution in [1.29, 1.82) is 0 Å². The summed E-state index contributed by atoms with van der Waals surface area (Å²) in [6.45, 7) is 8.07. The number of hydrogen-bond acceptors (Lipinski definition) is 7. The van der Waals surface area contributed by atoms with E-state index in [0.29, 0.717) is 39.4 Å². The second-order valence-electron chi connectivity index (χ2n) is 6.85. The van der Waals surface area contributed by atoms with Gasteiger partial charge in [0.15, 0.2) is 16.3 Å². The maximum atomic E-state index is 13.1. The molecule has 7 nitrogen and oxygen atoms in total. The van der Waals surface area contributed by atoms with Crippen LogP contribution in [0.4, 0.5) is 0 Å². The van der Waals surface area contributed by atoms with Gasteiger partial charge in [0.2, 0.25) is 0 Å². The number of fused-ring (bicyclic) bond motifs is 1. The Bertz CT molecular complexity index is 1160. The number of thiazole rings is 1. The summed E-state index contributed by atoms with van der Waals surface area (Å²) in [6, 6.07) is 4.61. The van der Waals surface area contributed by atoms with Crippen molar-refractivity contribution in [2.45, 2.75) is 46.6 Å². The summed E-state index contributed by atoms with van der Waals surface area (Å²) in [5.74, 6) is -0.0149. The first kappa shape index (κ1) is 21.8. The first-order valence-corrected chi connectivity index (χ1v) is 10.9. The lowest BCUT2D eigenvalue weighted by Crippen LogP contribution is -2.37. The number of carbonyl (C=O) groups is 1. The van der Waals surface area contributed by atoms with Crippen molar-refractivity contribution in [1.82, 2.24) is 4.57 Å². The molecule has 1 N–H and O–H groups in total. The molecule has 0 fully saturated rings. The highest BCUT2D eigenvalue weighted by Crippen LogP contribution is 2.27. The zero-order valence-electron chi connectivity index (χ0n) is 17.6. The van der Waals surface area contributed by atoms with Crippen molar-refractivity contribution in [3.05, 3.63) is 49.0 Å². The van der Waals surface area contributed by atoms with Gasteiger partial charge >= 0.3 is 5.97 Å². The van der Waals surface area contributed by atoms with E-state index in [9.17, 15) is 14.7 Å². The van der Waals surface area contributed by atoms with Gasteiger partial charge in [-0.1, -0.05) is 30.7 Å². The van der Waals surface area contributed by atoms with E-state index >= 15 is 0 Å². The van der Waals surface area contributed by atoms with Crippen LogP contribution in [0.5, 0.6) is 11.5 Å². The standard InChI is InChI=1S/C22H26N2O5S/c1-5-8-15-19(21(27)29-7-3)13(4)24-20(26)18(30-22(24)23-15)12-14-9-10-16(25)17(11-14)28-6-2/h9-12,15,25H,5-8H2,1-4H3/b18-12-/t15-/m1/s1. The summed E-state index contributed by atoms with van der Waals surface area (Å²) in [4.78, 5) is 30.9. The molecule has 0 amide bonds. The highest BCUT2D eigenvalue weighted by atomic mass is 32.1. The summed E-state index contributed by atoms with van der Waals surface area (Å²) < 4.78 is 12.6. The van der Waals surface area contributed by atoms with Crippen molar-refractivity contribution < 1.29 is 19.4 Å². The van der Waals surface area contributed by atoms with Crippen LogP contribution in [-0.2, 0) is 9.53 Å². The molecule has 1 atom stereocenters. The van der Waals surface area contributed by atoms with Gasteiger partial charge < -0.3 is 14.6 Å². The van der Waals surface area contributed by atoms with Crippen molar-refractivity contribution in [2.75, 3.05) is 13.2 Å². The second kappa shape index (κ2) is 9.30. The minimum atomic E-state index is -0.425. The molecule has 1 aliphatic rings. The van der Waals surface area contributed by atoms with Crippen LogP contribution in [0.2, 0.25) is 0 Å². The molecule has 2 aromatic rings. The number of carbonyl (C=O) groups excluding carboxylic acids is 1. The Morgan fingerprint density at radius 3 is 2.73 bits per heavy atom. The average Bonchev–Trinajstić information content (AvgIpc) is 3.00. The van der Waals surface area contributed by atoms with Crippen LogP contribution in [0, 0.1) is 0 Å². The molecule has 0 saturated carbocycles. The van der Waals surface area contributed by atoms with Crippen molar-refractivity contribution >= 4 is 29.1 Å². The summed E-state index contributed by atoms with van der Waals surface area (Å²) in [5.41, 5.74) is 1.50. The molecule has 3 rings (SSSR count). The maximum Gasteiger partial charge on any atom is 0.337 e. The smallest absolute Gasteiger partial charge is 0.337 e. The number of hydrogen-bond donors (Lipinski definition) is 1. The van der Waals surface area contributed by atoms with Gasteiger partial charge in [0, 0.05) is 5.70 Å². The Morgan fingerprint density at radius 2 is 2.07 bits per heavy atom. The number of esters is 1. The predicted octanol–water partition coefficient (Wildman–Crippen LogP) is 2.44. The third-order valence-corrected chi connectivity index (χ3v) is 5.75. The third kappa shape index (κ3) is 4.18. The topological polar surface area (TPSA) is 90.1 Å². The Kier molecular flexibility index (Phi) is 6.77. The van der Waals surface area contributed by atoms with Crippen LogP contribution in [-0.4, -0.2) is 34.9 Å². The minimum Gasteiger partial charge on any atom is -0.504 e. The molecular formula is C22H26N2O5S.